The van der Waals surface area contributed by atoms with Crippen LogP contribution < -0.4 is 9.47 Å². The van der Waals surface area contributed by atoms with Crippen molar-refractivity contribution in [3.63, 3.8) is 0 Å². The van der Waals surface area contributed by atoms with Gasteiger partial charge in [-0.2, -0.15) is 0 Å². The van der Waals surface area contributed by atoms with Crippen LogP contribution in [0.25, 0.3) is 11.1 Å². The van der Waals surface area contributed by atoms with Gasteiger partial charge in [0.25, 0.3) is 0 Å². The smallest absolute Gasteiger partial charge is 0.303 e. The topological polar surface area (TPSA) is 55.8 Å². The summed E-state index contributed by atoms with van der Waals surface area (Å²) in [6, 6.07) is 15.7. The van der Waals surface area contributed by atoms with Crippen molar-refractivity contribution in [2.75, 3.05) is 6.61 Å². The maximum absolute atomic E-state index is 10.5. The van der Waals surface area contributed by atoms with Crippen LogP contribution >= 0.6 is 0 Å². The van der Waals surface area contributed by atoms with Crippen molar-refractivity contribution in [2.45, 2.75) is 32.8 Å². The molecule has 4 nitrogen and oxygen atoms in total. The van der Waals surface area contributed by atoms with Crippen LogP contribution in [0.3, 0.4) is 0 Å². The maximum Gasteiger partial charge on any atom is 0.303 e. The molecule has 0 amide bonds. The Labute approximate surface area is 136 Å². The molecule has 0 atom stereocenters. The summed E-state index contributed by atoms with van der Waals surface area (Å²) in [5, 5.41) is 8.59. The van der Waals surface area contributed by atoms with E-state index in [1.54, 1.807) is 0 Å². The Morgan fingerprint density at radius 3 is 2.43 bits per heavy atom. The number of benzene rings is 2. The Morgan fingerprint density at radius 2 is 1.78 bits per heavy atom. The van der Waals surface area contributed by atoms with Crippen molar-refractivity contribution < 1.29 is 19.4 Å². The lowest BCUT2D eigenvalue weighted by Gasteiger charge is -2.14. The molecule has 0 unspecified atom stereocenters. The third-order valence-corrected chi connectivity index (χ3v) is 3.22. The third-order valence-electron chi connectivity index (χ3n) is 3.22. The molecule has 0 aliphatic heterocycles. The molecule has 2 rings (SSSR count). The van der Waals surface area contributed by atoms with Gasteiger partial charge in [0, 0.05) is 12.0 Å². The Kier molecular flexibility index (Phi) is 6.03. The minimum atomic E-state index is -0.800. The molecule has 1 N–H and O–H groups in total. The van der Waals surface area contributed by atoms with E-state index in [1.165, 1.54) is 0 Å². The number of hydrogen-bond acceptors (Lipinski definition) is 3. The summed E-state index contributed by atoms with van der Waals surface area (Å²) in [5.74, 6) is 0.796. The number of carbonyl (C=O) groups is 1. The van der Waals surface area contributed by atoms with Gasteiger partial charge in [-0.1, -0.05) is 30.3 Å². The molecule has 0 radical (unpaired) electrons. The van der Waals surface area contributed by atoms with Gasteiger partial charge in [0.1, 0.15) is 11.5 Å². The van der Waals surface area contributed by atoms with Gasteiger partial charge in [-0.05, 0) is 44.0 Å². The van der Waals surface area contributed by atoms with Gasteiger partial charge in [0.15, 0.2) is 0 Å². The van der Waals surface area contributed by atoms with E-state index < -0.39 is 5.97 Å². The van der Waals surface area contributed by atoms with Crippen LogP contribution in [0.1, 0.15) is 26.7 Å². The van der Waals surface area contributed by atoms with Crippen molar-refractivity contribution in [3.05, 3.63) is 48.5 Å². The second-order valence-electron chi connectivity index (χ2n) is 5.53. The number of carboxylic acid groups (broad SMARTS) is 1. The van der Waals surface area contributed by atoms with Crippen LogP contribution in [0, 0.1) is 0 Å². The highest BCUT2D eigenvalue weighted by Gasteiger charge is 2.07. The van der Waals surface area contributed by atoms with Crippen molar-refractivity contribution in [3.8, 4) is 22.6 Å². The minimum Gasteiger partial charge on any atom is -0.494 e. The normalized spacial score (nSPS) is 10.6. The molecule has 0 bridgehead atoms. The van der Waals surface area contributed by atoms with Crippen molar-refractivity contribution in [1.29, 1.82) is 0 Å². The second-order valence-corrected chi connectivity index (χ2v) is 5.53. The summed E-state index contributed by atoms with van der Waals surface area (Å²) in [4.78, 5) is 10.5. The molecule has 0 saturated carbocycles. The van der Waals surface area contributed by atoms with Gasteiger partial charge >= 0.3 is 5.97 Å². The van der Waals surface area contributed by atoms with Gasteiger partial charge in [-0.15, -0.1) is 0 Å². The summed E-state index contributed by atoms with van der Waals surface area (Å²) in [6.45, 7) is 4.41. The van der Waals surface area contributed by atoms with E-state index in [9.17, 15) is 4.79 Å². The van der Waals surface area contributed by atoms with Crippen molar-refractivity contribution >= 4 is 5.97 Å². The Morgan fingerprint density at radius 1 is 1.09 bits per heavy atom. The SMILES string of the molecule is CC(C)Oc1ccccc1-c1ccc(OCCCC(=O)O)cc1. The first-order chi connectivity index (χ1) is 11.1. The first-order valence-corrected chi connectivity index (χ1v) is 7.77. The van der Waals surface area contributed by atoms with Crippen molar-refractivity contribution in [2.24, 2.45) is 0 Å². The van der Waals surface area contributed by atoms with Crippen LogP contribution in [-0.2, 0) is 4.79 Å². The molecule has 0 saturated heterocycles. The molecular formula is C19H22O4. The number of rotatable bonds is 8. The van der Waals surface area contributed by atoms with Gasteiger partial charge in [0.05, 0.1) is 12.7 Å². The largest absolute Gasteiger partial charge is 0.494 e. The molecule has 0 aliphatic rings. The molecule has 2 aromatic carbocycles. The lowest BCUT2D eigenvalue weighted by Crippen LogP contribution is -2.06. The fourth-order valence-electron chi connectivity index (χ4n) is 2.21. The molecule has 2 aromatic rings. The lowest BCUT2D eigenvalue weighted by atomic mass is 10.0. The molecule has 0 aromatic heterocycles. The molecule has 23 heavy (non-hydrogen) atoms. The van der Waals surface area contributed by atoms with Gasteiger partial charge in [0.2, 0.25) is 0 Å². The zero-order valence-electron chi connectivity index (χ0n) is 13.5. The highest BCUT2D eigenvalue weighted by molar-refractivity contribution is 5.70. The van der Waals surface area contributed by atoms with Crippen LogP contribution in [0.4, 0.5) is 0 Å². The average molecular weight is 314 g/mol. The number of aliphatic carboxylic acids is 1. The second kappa shape index (κ2) is 8.22. The van der Waals surface area contributed by atoms with Gasteiger partial charge in [-0.25, -0.2) is 0 Å². The quantitative estimate of drug-likeness (QED) is 0.734. The Balaban J connectivity index is 2.03. The Bertz CT molecular complexity index is 632. The minimum absolute atomic E-state index is 0.119. The molecular weight excluding hydrogens is 292 g/mol. The predicted molar refractivity (Wildman–Crippen MR) is 90.0 cm³/mol. The van der Waals surface area contributed by atoms with Crippen LogP contribution in [0.5, 0.6) is 11.5 Å². The highest BCUT2D eigenvalue weighted by atomic mass is 16.5. The maximum atomic E-state index is 10.5. The van der Waals surface area contributed by atoms with E-state index >= 15 is 0 Å². The first-order valence-electron chi connectivity index (χ1n) is 7.77. The van der Waals surface area contributed by atoms with Crippen LogP contribution in [0.2, 0.25) is 0 Å². The van der Waals surface area contributed by atoms with Gasteiger partial charge < -0.3 is 14.6 Å². The fourth-order valence-corrected chi connectivity index (χ4v) is 2.21. The number of carboxylic acids is 1. The Hall–Kier alpha value is -2.49. The van der Waals surface area contributed by atoms with Crippen LogP contribution in [0.15, 0.2) is 48.5 Å². The molecule has 122 valence electrons. The highest BCUT2D eigenvalue weighted by Crippen LogP contribution is 2.31. The fraction of sp³-hybridized carbons (Fsp3) is 0.316. The van der Waals surface area contributed by atoms with Crippen LogP contribution in [-0.4, -0.2) is 23.8 Å². The summed E-state index contributed by atoms with van der Waals surface area (Å²) >= 11 is 0. The van der Waals surface area contributed by atoms with E-state index in [2.05, 4.69) is 0 Å². The lowest BCUT2D eigenvalue weighted by molar-refractivity contribution is -0.137. The molecule has 4 heteroatoms. The first kappa shape index (κ1) is 16.9. The molecule has 0 spiro atoms. The summed E-state index contributed by atoms with van der Waals surface area (Å²) in [7, 11) is 0. The predicted octanol–water partition coefficient (Wildman–Crippen LogP) is 4.38. The van der Waals surface area contributed by atoms with Gasteiger partial charge in [-0.3, -0.25) is 4.79 Å². The zero-order chi connectivity index (χ0) is 16.7. The molecule has 0 heterocycles. The monoisotopic (exact) mass is 314 g/mol. The third kappa shape index (κ3) is 5.33. The van der Waals surface area contributed by atoms with E-state index in [4.69, 9.17) is 14.6 Å². The number of hydrogen-bond donors (Lipinski definition) is 1. The van der Waals surface area contributed by atoms with E-state index in [0.717, 1.165) is 22.6 Å². The standard InChI is InChI=1S/C19H22O4/c1-14(2)23-18-7-4-3-6-17(18)15-9-11-16(12-10-15)22-13-5-8-19(20)21/h3-4,6-7,9-12,14H,5,8,13H2,1-2H3,(H,20,21). The zero-order valence-corrected chi connectivity index (χ0v) is 13.5. The van der Waals surface area contributed by atoms with E-state index in [-0.39, 0.29) is 12.5 Å². The average Bonchev–Trinajstić information content (AvgIpc) is 2.52. The summed E-state index contributed by atoms with van der Waals surface area (Å²) in [6.07, 6.45) is 0.744. The molecule has 0 aliphatic carbocycles. The summed E-state index contributed by atoms with van der Waals surface area (Å²) in [5.41, 5.74) is 2.10. The summed E-state index contributed by atoms with van der Waals surface area (Å²) < 4.78 is 11.4. The molecule has 0 fully saturated rings. The van der Waals surface area contributed by atoms with Crippen molar-refractivity contribution in [1.82, 2.24) is 0 Å². The van der Waals surface area contributed by atoms with E-state index in [1.807, 2.05) is 62.4 Å². The van der Waals surface area contributed by atoms with E-state index in [0.29, 0.717) is 13.0 Å². The number of para-hydroxylation sites is 1. The number of ether oxygens (including phenoxy) is 2.